The van der Waals surface area contributed by atoms with E-state index in [0.29, 0.717) is 11.5 Å². The average Bonchev–Trinajstić information content (AvgIpc) is 3.12. The summed E-state index contributed by atoms with van der Waals surface area (Å²) in [7, 11) is 3.26. The van der Waals surface area contributed by atoms with Crippen molar-refractivity contribution in [3.8, 4) is 28.7 Å². The number of hydrogen-bond donors (Lipinski definition) is 1. The van der Waals surface area contributed by atoms with Gasteiger partial charge in [0, 0.05) is 24.7 Å². The molecule has 3 heterocycles. The minimum absolute atomic E-state index is 0.191. The Balaban J connectivity index is 1.60. The highest BCUT2D eigenvalue weighted by Gasteiger charge is 2.36. The quantitative estimate of drug-likeness (QED) is 0.894. The van der Waals surface area contributed by atoms with Gasteiger partial charge in [0.1, 0.15) is 0 Å². The number of benzene rings is 2. The smallest absolute Gasteiger partial charge is 0.231 e. The molecule has 1 N–H and O–H groups in total. The topological polar surface area (TPSA) is 60.4 Å². The van der Waals surface area contributed by atoms with Crippen LogP contribution in [-0.2, 0) is 19.4 Å². The van der Waals surface area contributed by atoms with Crippen LogP contribution in [0.25, 0.3) is 0 Å². The summed E-state index contributed by atoms with van der Waals surface area (Å²) in [5.41, 5.74) is 4.80. The summed E-state index contributed by atoms with van der Waals surface area (Å²) in [5.74, 6) is 2.97. The summed E-state index contributed by atoms with van der Waals surface area (Å²) in [5, 5.41) is 10.3. The molecule has 5 rings (SSSR count). The zero-order valence-corrected chi connectivity index (χ0v) is 14.9. The first kappa shape index (κ1) is 15.6. The van der Waals surface area contributed by atoms with Gasteiger partial charge < -0.3 is 24.1 Å². The average molecular weight is 355 g/mol. The lowest BCUT2D eigenvalue weighted by molar-refractivity contribution is 0.158. The molecule has 0 bridgehead atoms. The minimum Gasteiger partial charge on any atom is -0.504 e. The molecule has 3 aliphatic heterocycles. The lowest BCUT2D eigenvalue weighted by Crippen LogP contribution is -2.39. The van der Waals surface area contributed by atoms with Crippen LogP contribution in [0.1, 0.15) is 28.3 Å². The fourth-order valence-corrected chi connectivity index (χ4v) is 4.46. The predicted molar refractivity (Wildman–Crippen MR) is 94.3 cm³/mol. The van der Waals surface area contributed by atoms with Gasteiger partial charge in [0.05, 0.1) is 14.2 Å². The number of phenolic OH excluding ortho intramolecular Hbond substituents is 1. The Morgan fingerprint density at radius 3 is 2.81 bits per heavy atom. The van der Waals surface area contributed by atoms with Crippen LogP contribution < -0.4 is 18.9 Å². The first-order valence-corrected chi connectivity index (χ1v) is 8.81. The van der Waals surface area contributed by atoms with Gasteiger partial charge in [-0.25, -0.2) is 0 Å². The third-order valence-corrected chi connectivity index (χ3v) is 5.70. The molecule has 2 aromatic carbocycles. The molecule has 0 aromatic heterocycles. The summed E-state index contributed by atoms with van der Waals surface area (Å²) in [6, 6.07) is 6.11. The van der Waals surface area contributed by atoms with E-state index in [0.717, 1.165) is 37.4 Å². The summed E-state index contributed by atoms with van der Waals surface area (Å²) in [6.45, 7) is 2.04. The molecule has 0 spiro atoms. The van der Waals surface area contributed by atoms with Crippen LogP contribution in [0, 0.1) is 0 Å². The van der Waals surface area contributed by atoms with Crippen LogP contribution in [0.2, 0.25) is 0 Å². The molecular formula is C20H21NO5. The number of rotatable bonds is 2. The Morgan fingerprint density at radius 2 is 2.00 bits per heavy atom. The fraction of sp³-hybridized carbons (Fsp3) is 0.400. The molecule has 0 aliphatic carbocycles. The van der Waals surface area contributed by atoms with Crippen LogP contribution in [0.4, 0.5) is 0 Å². The van der Waals surface area contributed by atoms with Crippen molar-refractivity contribution < 1.29 is 24.1 Å². The maximum absolute atomic E-state index is 10.3. The van der Waals surface area contributed by atoms with Gasteiger partial charge in [-0.2, -0.15) is 0 Å². The van der Waals surface area contributed by atoms with Crippen LogP contribution in [-0.4, -0.2) is 37.6 Å². The SMILES string of the molecule is COc1cc2c(cc1O)[C@@H]1Cc3c(cc4c(c3OC)OCO4)CN1CC2. The Hall–Kier alpha value is -2.60. The normalized spacial score (nSPS) is 20.2. The molecule has 6 heteroatoms. The summed E-state index contributed by atoms with van der Waals surface area (Å²) in [6.07, 6.45) is 1.76. The second-order valence-corrected chi connectivity index (χ2v) is 6.94. The number of methoxy groups -OCH3 is 2. The first-order valence-electron chi connectivity index (χ1n) is 8.81. The van der Waals surface area contributed by atoms with E-state index in [1.165, 1.54) is 22.3 Å². The molecule has 6 nitrogen and oxygen atoms in total. The van der Waals surface area contributed by atoms with Crippen molar-refractivity contribution in [1.29, 1.82) is 0 Å². The van der Waals surface area contributed by atoms with Crippen molar-refractivity contribution in [2.75, 3.05) is 27.6 Å². The molecule has 0 saturated heterocycles. The van der Waals surface area contributed by atoms with Gasteiger partial charge in [-0.05, 0) is 47.7 Å². The molecule has 0 unspecified atom stereocenters. The zero-order valence-electron chi connectivity index (χ0n) is 14.9. The van der Waals surface area contributed by atoms with Crippen LogP contribution in [0.3, 0.4) is 0 Å². The molecule has 2 aromatic rings. The van der Waals surface area contributed by atoms with Gasteiger partial charge in [0.2, 0.25) is 12.5 Å². The molecule has 1 atom stereocenters. The summed E-state index contributed by atoms with van der Waals surface area (Å²) >= 11 is 0. The molecule has 136 valence electrons. The van der Waals surface area contributed by atoms with E-state index in [-0.39, 0.29) is 18.6 Å². The van der Waals surface area contributed by atoms with Crippen molar-refractivity contribution in [1.82, 2.24) is 4.90 Å². The predicted octanol–water partition coefficient (Wildman–Crippen LogP) is 2.79. The number of phenols is 1. The highest BCUT2D eigenvalue weighted by atomic mass is 16.7. The molecule has 0 amide bonds. The van der Waals surface area contributed by atoms with Crippen LogP contribution in [0.15, 0.2) is 18.2 Å². The largest absolute Gasteiger partial charge is 0.504 e. The van der Waals surface area contributed by atoms with E-state index in [1.54, 1.807) is 14.2 Å². The Kier molecular flexibility index (Phi) is 3.43. The summed E-state index contributed by atoms with van der Waals surface area (Å²) in [4.78, 5) is 2.46. The third-order valence-electron chi connectivity index (χ3n) is 5.70. The minimum atomic E-state index is 0.191. The number of fused-ring (bicyclic) bond motifs is 5. The zero-order chi connectivity index (χ0) is 17.8. The van der Waals surface area contributed by atoms with E-state index in [9.17, 15) is 5.11 Å². The molecule has 0 saturated carbocycles. The van der Waals surface area contributed by atoms with Gasteiger partial charge in [-0.15, -0.1) is 0 Å². The van der Waals surface area contributed by atoms with E-state index < -0.39 is 0 Å². The van der Waals surface area contributed by atoms with Crippen molar-refractivity contribution in [3.63, 3.8) is 0 Å². The monoisotopic (exact) mass is 355 g/mol. The van der Waals surface area contributed by atoms with E-state index in [4.69, 9.17) is 18.9 Å². The van der Waals surface area contributed by atoms with Crippen LogP contribution in [0.5, 0.6) is 28.7 Å². The lowest BCUT2D eigenvalue weighted by atomic mass is 9.83. The van der Waals surface area contributed by atoms with Crippen molar-refractivity contribution in [3.05, 3.63) is 40.5 Å². The van der Waals surface area contributed by atoms with Crippen LogP contribution >= 0.6 is 0 Å². The number of nitrogens with zero attached hydrogens (tertiary/aromatic N) is 1. The number of ether oxygens (including phenoxy) is 4. The highest BCUT2D eigenvalue weighted by molar-refractivity contribution is 5.61. The molecule has 26 heavy (non-hydrogen) atoms. The van der Waals surface area contributed by atoms with Gasteiger partial charge >= 0.3 is 0 Å². The molecular weight excluding hydrogens is 334 g/mol. The van der Waals surface area contributed by atoms with Gasteiger partial charge in [0.15, 0.2) is 23.0 Å². The first-order chi connectivity index (χ1) is 12.7. The number of hydrogen-bond acceptors (Lipinski definition) is 6. The maximum Gasteiger partial charge on any atom is 0.231 e. The standard InChI is InChI=1S/C20H21NO5/c1-23-17-5-11-3-4-21-9-12-6-18-20(26-10-25-18)19(24-2)14(12)7-15(21)13(11)8-16(17)22/h5-6,8,15,22H,3-4,7,9-10H2,1-2H3/t15-/m0/s1. The second-order valence-electron chi connectivity index (χ2n) is 6.94. The molecule has 3 aliphatic rings. The Labute approximate surface area is 151 Å². The van der Waals surface area contributed by atoms with Gasteiger partial charge in [-0.3, -0.25) is 4.90 Å². The Morgan fingerprint density at radius 1 is 1.12 bits per heavy atom. The summed E-state index contributed by atoms with van der Waals surface area (Å²) < 4.78 is 22.2. The van der Waals surface area contributed by atoms with Gasteiger partial charge in [-0.1, -0.05) is 0 Å². The van der Waals surface area contributed by atoms with Crippen molar-refractivity contribution in [2.24, 2.45) is 0 Å². The molecule has 0 radical (unpaired) electrons. The van der Waals surface area contributed by atoms with E-state index >= 15 is 0 Å². The van der Waals surface area contributed by atoms with Crippen molar-refractivity contribution in [2.45, 2.75) is 25.4 Å². The lowest BCUT2D eigenvalue weighted by Gasteiger charge is -2.42. The number of aromatic hydroxyl groups is 1. The third kappa shape index (κ3) is 2.15. The van der Waals surface area contributed by atoms with Gasteiger partial charge in [0.25, 0.3) is 0 Å². The Bertz CT molecular complexity index is 895. The molecule has 0 fully saturated rings. The van der Waals surface area contributed by atoms with Crippen molar-refractivity contribution >= 4 is 0 Å². The second kappa shape index (κ2) is 5.71. The fourth-order valence-electron chi connectivity index (χ4n) is 4.46. The maximum atomic E-state index is 10.3. The van der Waals surface area contributed by atoms with E-state index in [1.807, 2.05) is 12.1 Å². The highest BCUT2D eigenvalue weighted by Crippen LogP contribution is 2.50. The van der Waals surface area contributed by atoms with E-state index in [2.05, 4.69) is 11.0 Å².